The highest BCUT2D eigenvalue weighted by atomic mass is 31.2. The fourth-order valence-electron chi connectivity index (χ4n) is 5.94. The van der Waals surface area contributed by atoms with Crippen molar-refractivity contribution < 1.29 is 58.3 Å². The lowest BCUT2D eigenvalue weighted by atomic mass is 9.85. The molecular formula is C37H71O12P. The fourth-order valence-corrected chi connectivity index (χ4v) is 6.91. The number of unbranched alkanes of at least 4 members (excludes halogenated alkanes) is 18. The first kappa shape index (κ1) is 47.1. The molecule has 6 unspecified atom stereocenters. The van der Waals surface area contributed by atoms with Crippen molar-refractivity contribution in [3.8, 4) is 0 Å². The molecule has 1 fully saturated rings. The Balaban J connectivity index is 2.47. The molecule has 0 amide bonds. The molecule has 1 aliphatic rings. The van der Waals surface area contributed by atoms with E-state index in [1.54, 1.807) is 0 Å². The van der Waals surface area contributed by atoms with E-state index in [0.717, 1.165) is 51.4 Å². The maximum Gasteiger partial charge on any atom is 0.472 e. The molecule has 1 rings (SSSR count). The highest BCUT2D eigenvalue weighted by Gasteiger charge is 2.51. The van der Waals surface area contributed by atoms with Crippen molar-refractivity contribution in [2.45, 2.75) is 198 Å². The third-order valence-corrected chi connectivity index (χ3v) is 10.1. The average Bonchev–Trinajstić information content (AvgIpc) is 3.09. The number of carbonyl (C=O) groups is 1. The van der Waals surface area contributed by atoms with Crippen molar-refractivity contribution in [1.29, 1.82) is 0 Å². The van der Waals surface area contributed by atoms with Gasteiger partial charge in [0.2, 0.25) is 0 Å². The summed E-state index contributed by atoms with van der Waals surface area (Å²) < 4.78 is 33.9. The summed E-state index contributed by atoms with van der Waals surface area (Å²) in [6.07, 6.45) is 15.8. The van der Waals surface area contributed by atoms with Crippen molar-refractivity contribution in [3.05, 3.63) is 12.2 Å². The first-order valence-electron chi connectivity index (χ1n) is 19.5. The molecular weight excluding hydrogens is 667 g/mol. The molecule has 1 aliphatic carbocycles. The van der Waals surface area contributed by atoms with E-state index in [0.29, 0.717) is 13.0 Å². The Labute approximate surface area is 301 Å². The maximum atomic E-state index is 12.7. The average molecular weight is 739 g/mol. The Morgan fingerprint density at radius 3 is 1.62 bits per heavy atom. The predicted octanol–water partition coefficient (Wildman–Crippen LogP) is 6.41. The highest BCUT2D eigenvalue weighted by molar-refractivity contribution is 7.47. The van der Waals surface area contributed by atoms with Gasteiger partial charge in [0.1, 0.15) is 42.7 Å². The van der Waals surface area contributed by atoms with Gasteiger partial charge in [0.25, 0.3) is 0 Å². The topological polar surface area (TPSA) is 192 Å². The van der Waals surface area contributed by atoms with E-state index in [1.165, 1.54) is 77.0 Å². The van der Waals surface area contributed by atoms with Crippen molar-refractivity contribution in [2.24, 2.45) is 0 Å². The van der Waals surface area contributed by atoms with Gasteiger partial charge in [-0.1, -0.05) is 122 Å². The molecule has 0 spiro atoms. The quantitative estimate of drug-likeness (QED) is 0.0193. The van der Waals surface area contributed by atoms with E-state index >= 15 is 0 Å². The van der Waals surface area contributed by atoms with Gasteiger partial charge in [-0.15, -0.1) is 0 Å². The van der Waals surface area contributed by atoms with Crippen LogP contribution in [0.2, 0.25) is 0 Å². The minimum Gasteiger partial charge on any atom is -0.457 e. The number of phosphoric acid groups is 1. The molecule has 296 valence electrons. The molecule has 12 nitrogen and oxygen atoms in total. The summed E-state index contributed by atoms with van der Waals surface area (Å²) in [4.78, 5) is 22.9. The predicted molar refractivity (Wildman–Crippen MR) is 193 cm³/mol. The van der Waals surface area contributed by atoms with Crippen LogP contribution in [-0.2, 0) is 27.9 Å². The van der Waals surface area contributed by atoms with E-state index in [1.807, 2.05) is 0 Å². The number of hydrogen-bond acceptors (Lipinski definition) is 11. The molecule has 6 atom stereocenters. The number of allylic oxidation sites excluding steroid dienone is 2. The summed E-state index contributed by atoms with van der Waals surface area (Å²) in [6, 6.07) is 0. The molecule has 0 saturated heterocycles. The first-order chi connectivity index (χ1) is 24.0. The SMILES string of the molecule is CCCCC/C=C\CCCCCCCCOCC(COP(=O)(O)OC1C(O)C(O)C(O)C(O)C1O)OC(=O)CCCCCCCCCCCC. The summed E-state index contributed by atoms with van der Waals surface area (Å²) in [6.45, 7) is 4.18. The molecule has 0 radical (unpaired) electrons. The number of esters is 1. The van der Waals surface area contributed by atoms with Gasteiger partial charge in [0, 0.05) is 13.0 Å². The van der Waals surface area contributed by atoms with Crippen LogP contribution in [0.4, 0.5) is 0 Å². The van der Waals surface area contributed by atoms with Gasteiger partial charge in [0.15, 0.2) is 0 Å². The largest absolute Gasteiger partial charge is 0.472 e. The van der Waals surface area contributed by atoms with Gasteiger partial charge in [-0.3, -0.25) is 13.8 Å². The van der Waals surface area contributed by atoms with E-state index in [-0.39, 0.29) is 13.0 Å². The monoisotopic (exact) mass is 738 g/mol. The molecule has 0 bridgehead atoms. The van der Waals surface area contributed by atoms with Gasteiger partial charge in [0.05, 0.1) is 13.2 Å². The highest BCUT2D eigenvalue weighted by Crippen LogP contribution is 2.47. The summed E-state index contributed by atoms with van der Waals surface area (Å²) in [5.41, 5.74) is 0. The number of ether oxygens (including phenoxy) is 2. The van der Waals surface area contributed by atoms with E-state index < -0.39 is 63.1 Å². The molecule has 13 heteroatoms. The van der Waals surface area contributed by atoms with Gasteiger partial charge >= 0.3 is 13.8 Å². The lowest BCUT2D eigenvalue weighted by molar-refractivity contribution is -0.220. The molecule has 0 aromatic carbocycles. The maximum absolute atomic E-state index is 12.7. The van der Waals surface area contributed by atoms with E-state index in [4.69, 9.17) is 18.5 Å². The Hall–Kier alpha value is -0.920. The molecule has 0 aromatic heterocycles. The zero-order valence-corrected chi connectivity index (χ0v) is 31.8. The molecule has 0 aromatic rings. The van der Waals surface area contributed by atoms with E-state index in [9.17, 15) is 39.8 Å². The third-order valence-electron chi connectivity index (χ3n) is 9.14. The second kappa shape index (κ2) is 29.5. The van der Waals surface area contributed by atoms with Crippen LogP contribution in [0.5, 0.6) is 0 Å². The number of aliphatic hydroxyl groups is 5. The van der Waals surface area contributed by atoms with Crippen LogP contribution in [-0.4, -0.2) is 98.9 Å². The van der Waals surface area contributed by atoms with Crippen molar-refractivity contribution in [2.75, 3.05) is 19.8 Å². The molecule has 1 saturated carbocycles. The number of carbonyl (C=O) groups excluding carboxylic acids is 1. The Morgan fingerprint density at radius 1 is 0.620 bits per heavy atom. The first-order valence-corrected chi connectivity index (χ1v) is 21.0. The summed E-state index contributed by atoms with van der Waals surface area (Å²) >= 11 is 0. The van der Waals surface area contributed by atoms with Crippen molar-refractivity contribution in [3.63, 3.8) is 0 Å². The van der Waals surface area contributed by atoms with Gasteiger partial charge in [-0.2, -0.15) is 0 Å². The lowest BCUT2D eigenvalue weighted by Gasteiger charge is -2.41. The van der Waals surface area contributed by atoms with Crippen LogP contribution in [0.15, 0.2) is 12.2 Å². The normalized spacial score (nSPS) is 24.4. The number of phosphoric ester groups is 1. The van der Waals surface area contributed by atoms with Gasteiger partial charge < -0.3 is 39.9 Å². The Morgan fingerprint density at radius 2 is 1.06 bits per heavy atom. The van der Waals surface area contributed by atoms with Crippen LogP contribution in [0, 0.1) is 0 Å². The van der Waals surface area contributed by atoms with Crippen LogP contribution in [0.25, 0.3) is 0 Å². The lowest BCUT2D eigenvalue weighted by Crippen LogP contribution is -2.64. The Bertz CT molecular complexity index is 890. The summed E-state index contributed by atoms with van der Waals surface area (Å²) in [5.74, 6) is -0.482. The van der Waals surface area contributed by atoms with Crippen LogP contribution >= 0.6 is 7.82 Å². The van der Waals surface area contributed by atoms with Crippen molar-refractivity contribution in [1.82, 2.24) is 0 Å². The molecule has 50 heavy (non-hydrogen) atoms. The minimum absolute atomic E-state index is 0.0767. The smallest absolute Gasteiger partial charge is 0.457 e. The Kier molecular flexibility index (Phi) is 27.8. The van der Waals surface area contributed by atoms with Crippen LogP contribution in [0.3, 0.4) is 0 Å². The summed E-state index contributed by atoms with van der Waals surface area (Å²) in [7, 11) is -5.00. The number of rotatable bonds is 32. The number of aliphatic hydroxyl groups excluding tert-OH is 5. The van der Waals surface area contributed by atoms with Crippen LogP contribution in [0.1, 0.15) is 155 Å². The second-order valence-corrected chi connectivity index (χ2v) is 15.2. The second-order valence-electron chi connectivity index (χ2n) is 13.8. The minimum atomic E-state index is -5.00. The zero-order chi connectivity index (χ0) is 37.0. The third kappa shape index (κ3) is 22.2. The van der Waals surface area contributed by atoms with E-state index in [2.05, 4.69) is 26.0 Å². The standard InChI is InChI=1S/C37H71O12P/c1-3-5-7-9-11-13-15-16-17-19-21-23-25-27-46-28-30(48-31(38)26-24-22-20-18-14-12-10-8-6-4-2)29-47-50(44,45)49-37-35(42)33(40)32(39)34(41)36(37)43/h11,13,30,32-37,39-43H,3-10,12,14-29H2,1-2H3,(H,44,45)/b13-11-. The van der Waals surface area contributed by atoms with Crippen molar-refractivity contribution >= 4 is 13.8 Å². The fraction of sp³-hybridized carbons (Fsp3) is 0.919. The molecule has 6 N–H and O–H groups in total. The van der Waals surface area contributed by atoms with Gasteiger partial charge in [-0.25, -0.2) is 4.57 Å². The molecule has 0 aliphatic heterocycles. The van der Waals surface area contributed by atoms with Crippen LogP contribution < -0.4 is 0 Å². The zero-order valence-electron chi connectivity index (χ0n) is 31.0. The number of hydrogen-bond donors (Lipinski definition) is 6. The van der Waals surface area contributed by atoms with Gasteiger partial charge in [-0.05, 0) is 38.5 Å². The summed E-state index contributed by atoms with van der Waals surface area (Å²) in [5, 5.41) is 49.9. The molecule has 0 heterocycles.